The van der Waals surface area contributed by atoms with Crippen LogP contribution in [0.25, 0.3) is 22.5 Å². The van der Waals surface area contributed by atoms with Crippen molar-refractivity contribution in [1.82, 2.24) is 30.4 Å². The van der Waals surface area contributed by atoms with Crippen molar-refractivity contribution < 1.29 is 9.53 Å². The number of hydrogen-bond acceptors (Lipinski definition) is 6. The quantitative estimate of drug-likeness (QED) is 0.322. The molecule has 8 nitrogen and oxygen atoms in total. The molecule has 0 atom stereocenters. The minimum atomic E-state index is -0.332. The van der Waals surface area contributed by atoms with E-state index in [0.717, 1.165) is 52.8 Å². The SMILES string of the molecule is CCCCc1nn(CC(C)C)c(C(=O)OC)c1Cc1ccc(-c2ccccc2-c2nn[nH]n2)cc1. The molecule has 0 aliphatic rings. The number of H-pyrrole nitrogens is 1. The number of esters is 1. The summed E-state index contributed by atoms with van der Waals surface area (Å²) in [5.74, 6) is 0.593. The van der Waals surface area contributed by atoms with Crippen LogP contribution in [0.15, 0.2) is 48.5 Å². The van der Waals surface area contributed by atoms with E-state index in [-0.39, 0.29) is 5.97 Å². The van der Waals surface area contributed by atoms with Gasteiger partial charge in [-0.05, 0) is 40.7 Å². The molecule has 0 spiro atoms. The summed E-state index contributed by atoms with van der Waals surface area (Å²) in [6.45, 7) is 7.09. The third-order valence-corrected chi connectivity index (χ3v) is 5.98. The third kappa shape index (κ3) is 5.48. The van der Waals surface area contributed by atoms with Gasteiger partial charge in [-0.3, -0.25) is 4.68 Å². The van der Waals surface area contributed by atoms with Gasteiger partial charge in [-0.1, -0.05) is 75.7 Å². The predicted octanol–water partition coefficient (Wildman–Crippen LogP) is 5.11. The van der Waals surface area contributed by atoms with E-state index in [1.54, 1.807) is 0 Å². The number of carbonyl (C=O) groups is 1. The molecule has 0 aliphatic carbocycles. The molecule has 1 N–H and O–H groups in total. The van der Waals surface area contributed by atoms with Crippen LogP contribution >= 0.6 is 0 Å². The number of aryl methyl sites for hydroxylation is 1. The van der Waals surface area contributed by atoms with E-state index in [1.165, 1.54) is 7.11 Å². The molecule has 0 amide bonds. The van der Waals surface area contributed by atoms with Crippen LogP contribution in [0.3, 0.4) is 0 Å². The molecule has 0 saturated heterocycles. The smallest absolute Gasteiger partial charge is 0.356 e. The van der Waals surface area contributed by atoms with E-state index >= 15 is 0 Å². The Labute approximate surface area is 205 Å². The van der Waals surface area contributed by atoms with Crippen molar-refractivity contribution in [3.63, 3.8) is 0 Å². The highest BCUT2D eigenvalue weighted by Gasteiger charge is 2.24. The fraction of sp³-hybridized carbons (Fsp3) is 0.370. The average molecular weight is 473 g/mol. The molecule has 4 aromatic rings. The van der Waals surface area contributed by atoms with Gasteiger partial charge in [0.25, 0.3) is 0 Å². The second kappa shape index (κ2) is 11.1. The van der Waals surface area contributed by atoms with Crippen LogP contribution in [0.5, 0.6) is 0 Å². The predicted molar refractivity (Wildman–Crippen MR) is 135 cm³/mol. The maximum atomic E-state index is 12.8. The van der Waals surface area contributed by atoms with Gasteiger partial charge in [0, 0.05) is 24.1 Å². The van der Waals surface area contributed by atoms with Gasteiger partial charge in [0.1, 0.15) is 5.69 Å². The highest BCUT2D eigenvalue weighted by Crippen LogP contribution is 2.30. The van der Waals surface area contributed by atoms with Crippen molar-refractivity contribution in [1.29, 1.82) is 0 Å². The van der Waals surface area contributed by atoms with Crippen LogP contribution in [0.4, 0.5) is 0 Å². The monoisotopic (exact) mass is 472 g/mol. The number of rotatable bonds is 10. The summed E-state index contributed by atoms with van der Waals surface area (Å²) >= 11 is 0. The molecular weight excluding hydrogens is 440 g/mol. The summed E-state index contributed by atoms with van der Waals surface area (Å²) in [5, 5.41) is 19.3. The maximum absolute atomic E-state index is 12.8. The molecule has 0 radical (unpaired) electrons. The van der Waals surface area contributed by atoms with Crippen molar-refractivity contribution in [2.75, 3.05) is 7.11 Å². The number of carbonyl (C=O) groups excluding carboxylic acids is 1. The van der Waals surface area contributed by atoms with Crippen molar-refractivity contribution in [2.45, 2.75) is 53.0 Å². The number of ether oxygens (including phenoxy) is 1. The molecule has 0 unspecified atom stereocenters. The number of unbranched alkanes of at least 4 members (excludes halogenated alkanes) is 1. The van der Waals surface area contributed by atoms with Crippen molar-refractivity contribution in [3.05, 3.63) is 71.0 Å². The summed E-state index contributed by atoms with van der Waals surface area (Å²) in [6.07, 6.45) is 3.56. The van der Waals surface area contributed by atoms with Gasteiger partial charge in [0.15, 0.2) is 0 Å². The van der Waals surface area contributed by atoms with Crippen molar-refractivity contribution in [2.24, 2.45) is 5.92 Å². The number of benzene rings is 2. The minimum Gasteiger partial charge on any atom is -0.464 e. The molecule has 0 fully saturated rings. The minimum absolute atomic E-state index is 0.332. The first-order valence-electron chi connectivity index (χ1n) is 12.1. The van der Waals surface area contributed by atoms with Gasteiger partial charge in [-0.15, -0.1) is 10.2 Å². The first-order chi connectivity index (χ1) is 17.0. The Morgan fingerprint density at radius 2 is 1.83 bits per heavy atom. The number of nitrogens with zero attached hydrogens (tertiary/aromatic N) is 5. The summed E-state index contributed by atoms with van der Waals surface area (Å²) < 4.78 is 7.00. The zero-order valence-electron chi connectivity index (χ0n) is 20.8. The fourth-order valence-corrected chi connectivity index (χ4v) is 4.29. The maximum Gasteiger partial charge on any atom is 0.356 e. The number of tetrazole rings is 1. The van der Waals surface area contributed by atoms with E-state index in [2.05, 4.69) is 71.7 Å². The number of nitrogens with one attached hydrogen (secondary N) is 1. The van der Waals surface area contributed by atoms with Gasteiger partial charge in [-0.2, -0.15) is 10.3 Å². The highest BCUT2D eigenvalue weighted by molar-refractivity contribution is 5.89. The Bertz CT molecular complexity index is 1260. The number of hydrogen-bond donors (Lipinski definition) is 1. The van der Waals surface area contributed by atoms with Crippen LogP contribution in [0, 0.1) is 5.92 Å². The molecule has 4 rings (SSSR count). The Balaban J connectivity index is 1.68. The number of methoxy groups -OCH3 is 1. The first kappa shape index (κ1) is 24.3. The van der Waals surface area contributed by atoms with Crippen LogP contribution < -0.4 is 0 Å². The Morgan fingerprint density at radius 1 is 1.09 bits per heavy atom. The fourth-order valence-electron chi connectivity index (χ4n) is 4.29. The number of aromatic nitrogens is 6. The van der Waals surface area contributed by atoms with Crippen LogP contribution in [0.2, 0.25) is 0 Å². The zero-order chi connectivity index (χ0) is 24.8. The average Bonchev–Trinajstić information content (AvgIpc) is 3.51. The lowest BCUT2D eigenvalue weighted by Crippen LogP contribution is -2.16. The largest absolute Gasteiger partial charge is 0.464 e. The van der Waals surface area contributed by atoms with Crippen LogP contribution in [-0.2, 0) is 24.1 Å². The lowest BCUT2D eigenvalue weighted by molar-refractivity contribution is 0.0584. The van der Waals surface area contributed by atoms with Crippen LogP contribution in [-0.4, -0.2) is 43.5 Å². The van der Waals surface area contributed by atoms with Gasteiger partial charge in [-0.25, -0.2) is 4.79 Å². The van der Waals surface area contributed by atoms with E-state index in [1.807, 2.05) is 22.9 Å². The summed E-state index contributed by atoms with van der Waals surface area (Å²) in [4.78, 5) is 12.8. The van der Waals surface area contributed by atoms with Crippen molar-refractivity contribution in [3.8, 4) is 22.5 Å². The second-order valence-electron chi connectivity index (χ2n) is 9.10. The second-order valence-corrected chi connectivity index (χ2v) is 9.10. The topological polar surface area (TPSA) is 98.6 Å². The van der Waals surface area contributed by atoms with E-state index < -0.39 is 0 Å². The highest BCUT2D eigenvalue weighted by atomic mass is 16.5. The molecule has 0 saturated carbocycles. The normalized spacial score (nSPS) is 11.2. The molecule has 8 heteroatoms. The Kier molecular flexibility index (Phi) is 7.70. The lowest BCUT2D eigenvalue weighted by Gasteiger charge is -2.11. The Hall–Kier alpha value is -3.81. The molecule has 0 aliphatic heterocycles. The summed E-state index contributed by atoms with van der Waals surface area (Å²) in [7, 11) is 1.43. The molecule has 0 bridgehead atoms. The number of aromatic amines is 1. The van der Waals surface area contributed by atoms with E-state index in [4.69, 9.17) is 9.84 Å². The van der Waals surface area contributed by atoms with Gasteiger partial charge >= 0.3 is 5.97 Å². The lowest BCUT2D eigenvalue weighted by atomic mass is 9.95. The Morgan fingerprint density at radius 3 is 2.46 bits per heavy atom. The summed E-state index contributed by atoms with van der Waals surface area (Å²) in [5.41, 5.74) is 6.63. The molecule has 2 heterocycles. The molecule has 2 aromatic heterocycles. The molecule has 35 heavy (non-hydrogen) atoms. The van der Waals surface area contributed by atoms with Gasteiger partial charge in [0.2, 0.25) is 5.82 Å². The van der Waals surface area contributed by atoms with E-state index in [9.17, 15) is 4.79 Å². The first-order valence-corrected chi connectivity index (χ1v) is 12.1. The van der Waals surface area contributed by atoms with E-state index in [0.29, 0.717) is 30.4 Å². The molecule has 2 aromatic carbocycles. The standard InChI is InChI=1S/C27H32N6O2/c1-5-6-11-24-23(25(27(34)35-4)33(30-24)17-18(2)3)16-19-12-14-20(15-13-19)21-9-7-8-10-22(21)26-28-31-32-29-26/h7-10,12-15,18H,5-6,11,16-17H2,1-4H3,(H,28,29,31,32). The van der Waals surface area contributed by atoms with Crippen molar-refractivity contribution >= 4 is 5.97 Å². The summed E-state index contributed by atoms with van der Waals surface area (Å²) in [6, 6.07) is 16.4. The van der Waals surface area contributed by atoms with Crippen LogP contribution in [0.1, 0.15) is 60.9 Å². The molecule has 182 valence electrons. The van der Waals surface area contributed by atoms with Gasteiger partial charge in [0.05, 0.1) is 12.8 Å². The zero-order valence-corrected chi connectivity index (χ0v) is 20.8. The van der Waals surface area contributed by atoms with Gasteiger partial charge < -0.3 is 4.74 Å². The molecular formula is C27H32N6O2. The third-order valence-electron chi connectivity index (χ3n) is 5.98.